The van der Waals surface area contributed by atoms with Gasteiger partial charge in [0.25, 0.3) is 0 Å². The van der Waals surface area contributed by atoms with E-state index >= 15 is 0 Å². The van der Waals surface area contributed by atoms with Crippen LogP contribution in [0.2, 0.25) is 0 Å². The van der Waals surface area contributed by atoms with Crippen molar-refractivity contribution in [2.75, 3.05) is 13.1 Å². The van der Waals surface area contributed by atoms with E-state index in [9.17, 15) is 4.79 Å². The SMILES string of the molecule is CC(Cl)C(=O)N1CCC(C(C)C)CC1. The molecule has 1 amide bonds. The number of nitrogens with zero attached hydrogens (tertiary/aromatic N) is 1. The second-order valence-electron chi connectivity index (χ2n) is 4.52. The molecule has 0 aromatic rings. The summed E-state index contributed by atoms with van der Waals surface area (Å²) < 4.78 is 0. The molecule has 0 N–H and O–H groups in total. The Labute approximate surface area is 91.6 Å². The topological polar surface area (TPSA) is 20.3 Å². The number of piperidine rings is 1. The zero-order valence-corrected chi connectivity index (χ0v) is 10.0. The molecule has 1 atom stereocenters. The first-order chi connectivity index (χ1) is 6.52. The summed E-state index contributed by atoms with van der Waals surface area (Å²) >= 11 is 5.77. The molecular weight excluding hydrogens is 198 g/mol. The third kappa shape index (κ3) is 2.88. The summed E-state index contributed by atoms with van der Waals surface area (Å²) in [5, 5.41) is -0.370. The van der Waals surface area contributed by atoms with E-state index < -0.39 is 0 Å². The fourth-order valence-electron chi connectivity index (χ4n) is 2.04. The van der Waals surface area contributed by atoms with Crippen molar-refractivity contribution in [1.29, 1.82) is 0 Å². The summed E-state index contributed by atoms with van der Waals surface area (Å²) in [5.41, 5.74) is 0. The summed E-state index contributed by atoms with van der Waals surface area (Å²) in [6.45, 7) is 8.04. The first-order valence-electron chi connectivity index (χ1n) is 5.45. The van der Waals surface area contributed by atoms with Gasteiger partial charge in [-0.05, 0) is 31.6 Å². The molecule has 1 unspecified atom stereocenters. The number of carbonyl (C=O) groups is 1. The van der Waals surface area contributed by atoms with E-state index in [1.807, 2.05) is 4.90 Å². The zero-order chi connectivity index (χ0) is 10.7. The number of alkyl halides is 1. The fourth-order valence-corrected chi connectivity index (χ4v) is 2.18. The Balaban J connectivity index is 2.39. The number of rotatable bonds is 2. The minimum Gasteiger partial charge on any atom is -0.341 e. The molecule has 1 heterocycles. The van der Waals surface area contributed by atoms with Gasteiger partial charge >= 0.3 is 0 Å². The number of likely N-dealkylation sites (tertiary alicyclic amines) is 1. The molecule has 14 heavy (non-hydrogen) atoms. The van der Waals surface area contributed by atoms with Crippen molar-refractivity contribution in [3.05, 3.63) is 0 Å². The molecule has 3 heteroatoms. The van der Waals surface area contributed by atoms with Crippen molar-refractivity contribution in [2.24, 2.45) is 11.8 Å². The molecule has 1 rings (SSSR count). The van der Waals surface area contributed by atoms with E-state index in [1.165, 1.54) is 0 Å². The highest BCUT2D eigenvalue weighted by Crippen LogP contribution is 2.24. The van der Waals surface area contributed by atoms with Crippen LogP contribution in [0.25, 0.3) is 0 Å². The number of amides is 1. The van der Waals surface area contributed by atoms with Gasteiger partial charge in [0.2, 0.25) is 5.91 Å². The maximum atomic E-state index is 11.6. The molecule has 0 saturated carbocycles. The average molecular weight is 218 g/mol. The quantitative estimate of drug-likeness (QED) is 0.651. The Morgan fingerprint density at radius 1 is 1.29 bits per heavy atom. The van der Waals surface area contributed by atoms with E-state index in [-0.39, 0.29) is 11.3 Å². The summed E-state index contributed by atoms with van der Waals surface area (Å²) in [6, 6.07) is 0. The highest BCUT2D eigenvalue weighted by molar-refractivity contribution is 6.30. The number of hydrogen-bond donors (Lipinski definition) is 0. The molecule has 1 aliphatic heterocycles. The van der Waals surface area contributed by atoms with Crippen molar-refractivity contribution in [2.45, 2.75) is 39.0 Å². The average Bonchev–Trinajstić information content (AvgIpc) is 2.16. The van der Waals surface area contributed by atoms with E-state index in [2.05, 4.69) is 13.8 Å². The summed E-state index contributed by atoms with van der Waals surface area (Å²) in [5.74, 6) is 1.61. The van der Waals surface area contributed by atoms with Gasteiger partial charge in [-0.3, -0.25) is 4.79 Å². The van der Waals surface area contributed by atoms with Gasteiger partial charge in [-0.25, -0.2) is 0 Å². The lowest BCUT2D eigenvalue weighted by molar-refractivity contribution is -0.132. The van der Waals surface area contributed by atoms with Gasteiger partial charge in [-0.1, -0.05) is 13.8 Å². The normalized spacial score (nSPS) is 21.4. The van der Waals surface area contributed by atoms with Gasteiger partial charge in [-0.15, -0.1) is 11.6 Å². The standard InChI is InChI=1S/C11H20ClNO/c1-8(2)10-4-6-13(7-5-10)11(14)9(3)12/h8-10H,4-7H2,1-3H3. The van der Waals surface area contributed by atoms with Crippen LogP contribution in [-0.2, 0) is 4.79 Å². The minimum atomic E-state index is -0.370. The lowest BCUT2D eigenvalue weighted by Gasteiger charge is -2.34. The lowest BCUT2D eigenvalue weighted by atomic mass is 9.86. The molecule has 0 radical (unpaired) electrons. The predicted molar refractivity (Wildman–Crippen MR) is 59.5 cm³/mol. The molecule has 82 valence electrons. The smallest absolute Gasteiger partial charge is 0.240 e. The summed E-state index contributed by atoms with van der Waals surface area (Å²) in [6.07, 6.45) is 2.26. The van der Waals surface area contributed by atoms with E-state index in [0.717, 1.165) is 37.8 Å². The molecule has 0 aromatic heterocycles. The second kappa shape index (κ2) is 5.01. The summed E-state index contributed by atoms with van der Waals surface area (Å²) in [7, 11) is 0. The lowest BCUT2D eigenvalue weighted by Crippen LogP contribution is -2.42. The molecule has 0 bridgehead atoms. The maximum Gasteiger partial charge on any atom is 0.240 e. The van der Waals surface area contributed by atoms with Crippen LogP contribution in [0.3, 0.4) is 0 Å². The van der Waals surface area contributed by atoms with E-state index in [4.69, 9.17) is 11.6 Å². The Hall–Kier alpha value is -0.240. The second-order valence-corrected chi connectivity index (χ2v) is 5.18. The predicted octanol–water partition coefficient (Wildman–Crippen LogP) is 2.51. The third-order valence-corrected chi connectivity index (χ3v) is 3.32. The number of halogens is 1. The molecule has 1 saturated heterocycles. The molecule has 0 spiro atoms. The molecule has 0 aliphatic carbocycles. The van der Waals surface area contributed by atoms with Crippen molar-refractivity contribution >= 4 is 17.5 Å². The molecule has 0 aromatic carbocycles. The van der Waals surface area contributed by atoms with Crippen LogP contribution in [0, 0.1) is 11.8 Å². The van der Waals surface area contributed by atoms with Gasteiger partial charge in [0.05, 0.1) is 0 Å². The van der Waals surface area contributed by atoms with Crippen molar-refractivity contribution in [3.8, 4) is 0 Å². The van der Waals surface area contributed by atoms with Crippen LogP contribution in [0.1, 0.15) is 33.6 Å². The Morgan fingerprint density at radius 2 is 1.79 bits per heavy atom. The van der Waals surface area contributed by atoms with Gasteiger partial charge < -0.3 is 4.90 Å². The van der Waals surface area contributed by atoms with Crippen LogP contribution >= 0.6 is 11.6 Å². The van der Waals surface area contributed by atoms with Gasteiger partial charge in [0.15, 0.2) is 0 Å². The van der Waals surface area contributed by atoms with E-state index in [0.29, 0.717) is 0 Å². The molecule has 2 nitrogen and oxygen atoms in total. The van der Waals surface area contributed by atoms with Gasteiger partial charge in [0, 0.05) is 13.1 Å². The Bertz CT molecular complexity index is 195. The third-order valence-electron chi connectivity index (χ3n) is 3.13. The van der Waals surface area contributed by atoms with Crippen LogP contribution in [0.4, 0.5) is 0 Å². The molecule has 1 fully saturated rings. The van der Waals surface area contributed by atoms with E-state index in [1.54, 1.807) is 6.92 Å². The maximum absolute atomic E-state index is 11.6. The monoisotopic (exact) mass is 217 g/mol. The molecular formula is C11H20ClNO. The highest BCUT2D eigenvalue weighted by Gasteiger charge is 2.26. The highest BCUT2D eigenvalue weighted by atomic mass is 35.5. The van der Waals surface area contributed by atoms with Crippen LogP contribution in [0.15, 0.2) is 0 Å². The Kier molecular flexibility index (Phi) is 4.24. The van der Waals surface area contributed by atoms with Crippen molar-refractivity contribution in [3.63, 3.8) is 0 Å². The van der Waals surface area contributed by atoms with Crippen LogP contribution in [-0.4, -0.2) is 29.3 Å². The minimum absolute atomic E-state index is 0.0915. The van der Waals surface area contributed by atoms with Gasteiger partial charge in [-0.2, -0.15) is 0 Å². The first-order valence-corrected chi connectivity index (χ1v) is 5.89. The molecule has 1 aliphatic rings. The fraction of sp³-hybridized carbons (Fsp3) is 0.909. The summed E-state index contributed by atoms with van der Waals surface area (Å²) in [4.78, 5) is 13.5. The first kappa shape index (κ1) is 11.8. The Morgan fingerprint density at radius 3 is 2.14 bits per heavy atom. The van der Waals surface area contributed by atoms with Crippen LogP contribution in [0.5, 0.6) is 0 Å². The zero-order valence-electron chi connectivity index (χ0n) is 9.29. The largest absolute Gasteiger partial charge is 0.341 e. The van der Waals surface area contributed by atoms with Crippen LogP contribution < -0.4 is 0 Å². The van der Waals surface area contributed by atoms with Crippen molar-refractivity contribution in [1.82, 2.24) is 4.90 Å². The van der Waals surface area contributed by atoms with Crippen molar-refractivity contribution < 1.29 is 4.79 Å². The van der Waals surface area contributed by atoms with Gasteiger partial charge in [0.1, 0.15) is 5.38 Å². The number of hydrogen-bond acceptors (Lipinski definition) is 1. The number of carbonyl (C=O) groups excluding carboxylic acids is 1.